The van der Waals surface area contributed by atoms with E-state index in [2.05, 4.69) is 0 Å². The topological polar surface area (TPSA) is 151 Å². The molecular weight excluding hydrogens is 518 g/mol. The Balaban J connectivity index is 3.30. The van der Waals surface area contributed by atoms with E-state index in [0.29, 0.717) is 18.4 Å². The van der Waals surface area contributed by atoms with Crippen molar-refractivity contribution >= 4 is 24.1 Å². The number of carboxylic acids is 1. The van der Waals surface area contributed by atoms with E-state index in [-0.39, 0.29) is 30.6 Å². The van der Waals surface area contributed by atoms with E-state index in [9.17, 15) is 24.3 Å². The number of nitrogens with two attached hydrogens (primary N) is 1. The summed E-state index contributed by atoms with van der Waals surface area (Å²) in [6.45, 7) is 11.2. The first-order valence-electron chi connectivity index (χ1n) is 14.3. The summed E-state index contributed by atoms with van der Waals surface area (Å²) in [5.41, 5.74) is 6.51. The zero-order chi connectivity index (χ0) is 30.2. The van der Waals surface area contributed by atoms with E-state index in [0.717, 1.165) is 32.1 Å². The molecule has 0 aliphatic heterocycles. The first kappa shape index (κ1) is 34.9. The van der Waals surface area contributed by atoms with Gasteiger partial charge in [0.05, 0.1) is 25.0 Å². The van der Waals surface area contributed by atoms with Crippen molar-refractivity contribution < 1.29 is 43.2 Å². The molecule has 0 spiro atoms. The molecule has 0 saturated heterocycles. The van der Waals surface area contributed by atoms with Crippen LogP contribution in [0.25, 0.3) is 0 Å². The zero-order valence-corrected chi connectivity index (χ0v) is 24.8. The third kappa shape index (κ3) is 11.5. The van der Waals surface area contributed by atoms with Crippen LogP contribution in [0.3, 0.4) is 0 Å². The van der Waals surface area contributed by atoms with Crippen LogP contribution in [0.5, 0.6) is 11.5 Å². The van der Waals surface area contributed by atoms with E-state index >= 15 is 0 Å². The molecule has 0 aliphatic rings. The quantitative estimate of drug-likeness (QED) is 0.126. The van der Waals surface area contributed by atoms with Crippen LogP contribution in [0.4, 0.5) is 4.79 Å². The minimum absolute atomic E-state index is 0.00598. The first-order valence-corrected chi connectivity index (χ1v) is 14.3. The second kappa shape index (κ2) is 18.3. The number of esters is 2. The molecule has 0 fully saturated rings. The molecule has 0 aromatic heterocycles. The van der Waals surface area contributed by atoms with Crippen LogP contribution >= 0.6 is 0 Å². The summed E-state index contributed by atoms with van der Waals surface area (Å²) in [6.07, 6.45) is 4.60. The van der Waals surface area contributed by atoms with Gasteiger partial charge in [-0.3, -0.25) is 14.4 Å². The van der Waals surface area contributed by atoms with Crippen molar-refractivity contribution in [2.24, 2.45) is 23.5 Å². The fourth-order valence-electron chi connectivity index (χ4n) is 4.31. The van der Waals surface area contributed by atoms with Gasteiger partial charge in [0.25, 0.3) is 0 Å². The number of hydrogen-bond donors (Lipinski definition) is 2. The summed E-state index contributed by atoms with van der Waals surface area (Å²) >= 11 is 0. The van der Waals surface area contributed by atoms with Crippen molar-refractivity contribution in [3.8, 4) is 11.5 Å². The Morgan fingerprint density at radius 1 is 0.825 bits per heavy atom. The lowest BCUT2D eigenvalue weighted by Gasteiger charge is -2.28. The largest absolute Gasteiger partial charge is 0.508 e. The minimum atomic E-state index is -1.36. The number of carbonyl (C=O) groups is 4. The van der Waals surface area contributed by atoms with Crippen molar-refractivity contribution in [2.45, 2.75) is 98.4 Å². The summed E-state index contributed by atoms with van der Waals surface area (Å²) < 4.78 is 21.5. The van der Waals surface area contributed by atoms with Crippen LogP contribution in [0.15, 0.2) is 18.2 Å². The Bertz CT molecular complexity index is 964. The molecule has 0 amide bonds. The number of rotatable bonds is 18. The molecule has 226 valence electrons. The average molecular weight is 566 g/mol. The smallest absolute Gasteiger partial charge is 0.480 e. The van der Waals surface area contributed by atoms with Crippen molar-refractivity contribution in [1.82, 2.24) is 0 Å². The molecule has 1 aromatic carbocycles. The molecule has 0 aliphatic carbocycles. The van der Waals surface area contributed by atoms with Gasteiger partial charge in [0, 0.05) is 5.92 Å². The van der Waals surface area contributed by atoms with E-state index < -0.39 is 47.9 Å². The Morgan fingerprint density at radius 2 is 1.40 bits per heavy atom. The van der Waals surface area contributed by atoms with Crippen LogP contribution < -0.4 is 15.2 Å². The zero-order valence-electron chi connectivity index (χ0n) is 24.8. The van der Waals surface area contributed by atoms with Gasteiger partial charge in [-0.05, 0) is 42.9 Å². The maximum absolute atomic E-state index is 12.8. The van der Waals surface area contributed by atoms with Crippen LogP contribution in [0.1, 0.15) is 98.0 Å². The molecule has 0 bridgehead atoms. The predicted molar refractivity (Wildman–Crippen MR) is 150 cm³/mol. The standard InChI is InChI=1S/C30H47NO9/c1-7-10-11-16-37-30(36)38-18-21(6)25(26(31)27(32)33)22-14-15-23(39-28(34)19(4)12-8-2)24(17-22)40-29(35)20(5)13-9-3/h14-15,17,19-21,25-26H,7-13,16,18,31H2,1-6H3,(H,32,33)/t19?,20?,21?,25?,26-/m0/s1. The highest BCUT2D eigenvalue weighted by Gasteiger charge is 2.33. The third-order valence-electron chi connectivity index (χ3n) is 6.74. The van der Waals surface area contributed by atoms with Crippen LogP contribution in [0, 0.1) is 17.8 Å². The molecule has 5 atom stereocenters. The molecule has 4 unspecified atom stereocenters. The Kier molecular flexibility index (Phi) is 15.9. The van der Waals surface area contributed by atoms with E-state index in [1.807, 2.05) is 20.8 Å². The molecule has 10 nitrogen and oxygen atoms in total. The molecular formula is C30H47NO9. The van der Waals surface area contributed by atoms with Crippen LogP contribution in [0.2, 0.25) is 0 Å². The van der Waals surface area contributed by atoms with Gasteiger partial charge in [-0.2, -0.15) is 0 Å². The summed E-state index contributed by atoms with van der Waals surface area (Å²) in [4.78, 5) is 49.4. The number of ether oxygens (including phenoxy) is 4. The maximum atomic E-state index is 12.8. The second-order valence-electron chi connectivity index (χ2n) is 10.4. The number of aliphatic carboxylic acids is 1. The normalized spacial score (nSPS) is 14.8. The van der Waals surface area contributed by atoms with Crippen molar-refractivity contribution in [1.29, 1.82) is 0 Å². The lowest BCUT2D eigenvalue weighted by molar-refractivity contribution is -0.141. The van der Waals surface area contributed by atoms with Gasteiger partial charge in [0.1, 0.15) is 6.04 Å². The van der Waals surface area contributed by atoms with Gasteiger partial charge >= 0.3 is 24.1 Å². The monoisotopic (exact) mass is 565 g/mol. The maximum Gasteiger partial charge on any atom is 0.508 e. The fraction of sp³-hybridized carbons (Fsp3) is 0.667. The van der Waals surface area contributed by atoms with Crippen LogP contribution in [-0.2, 0) is 23.9 Å². The highest BCUT2D eigenvalue weighted by molar-refractivity contribution is 5.79. The molecule has 10 heteroatoms. The molecule has 0 heterocycles. The van der Waals surface area contributed by atoms with Crippen molar-refractivity contribution in [3.63, 3.8) is 0 Å². The Labute approximate surface area is 237 Å². The number of hydrogen-bond acceptors (Lipinski definition) is 9. The minimum Gasteiger partial charge on any atom is -0.480 e. The number of carbonyl (C=O) groups excluding carboxylic acids is 3. The predicted octanol–water partition coefficient (Wildman–Crippen LogP) is 5.84. The Hall–Kier alpha value is -3.14. The fourth-order valence-corrected chi connectivity index (χ4v) is 4.31. The second-order valence-corrected chi connectivity index (χ2v) is 10.4. The van der Waals surface area contributed by atoms with Crippen LogP contribution in [-0.4, -0.2) is 48.4 Å². The molecule has 0 saturated carbocycles. The highest BCUT2D eigenvalue weighted by atomic mass is 16.7. The summed E-state index contributed by atoms with van der Waals surface area (Å²) in [7, 11) is 0. The van der Waals surface area contributed by atoms with Gasteiger partial charge < -0.3 is 29.8 Å². The van der Waals surface area contributed by atoms with Gasteiger partial charge in [0.15, 0.2) is 11.5 Å². The van der Waals surface area contributed by atoms with Crippen molar-refractivity contribution in [2.75, 3.05) is 13.2 Å². The summed E-state index contributed by atoms with van der Waals surface area (Å²) in [5.74, 6) is -4.31. The Morgan fingerprint density at radius 3 is 1.93 bits per heavy atom. The van der Waals surface area contributed by atoms with E-state index in [4.69, 9.17) is 24.7 Å². The molecule has 3 N–H and O–H groups in total. The van der Waals surface area contributed by atoms with E-state index in [1.165, 1.54) is 12.1 Å². The lowest BCUT2D eigenvalue weighted by atomic mass is 9.82. The van der Waals surface area contributed by atoms with Gasteiger partial charge in [-0.25, -0.2) is 4.79 Å². The average Bonchev–Trinajstić information content (AvgIpc) is 2.91. The molecule has 1 rings (SSSR count). The molecule has 1 aromatic rings. The van der Waals surface area contributed by atoms with Gasteiger partial charge in [0.2, 0.25) is 0 Å². The SMILES string of the molecule is CCCCCOC(=O)OCC(C)C(c1ccc(OC(=O)C(C)CCC)c(OC(=O)C(C)CCC)c1)[C@H](N)C(=O)O. The third-order valence-corrected chi connectivity index (χ3v) is 6.74. The highest BCUT2D eigenvalue weighted by Crippen LogP contribution is 2.36. The van der Waals surface area contributed by atoms with Crippen molar-refractivity contribution in [3.05, 3.63) is 23.8 Å². The number of carboxylic acid groups (broad SMARTS) is 1. The summed E-state index contributed by atoms with van der Waals surface area (Å²) in [6, 6.07) is 3.15. The first-order chi connectivity index (χ1) is 19.0. The van der Waals surface area contributed by atoms with Gasteiger partial charge in [-0.15, -0.1) is 0 Å². The lowest BCUT2D eigenvalue weighted by Crippen LogP contribution is -2.40. The van der Waals surface area contributed by atoms with E-state index in [1.54, 1.807) is 26.8 Å². The molecule has 0 radical (unpaired) electrons. The molecule has 40 heavy (non-hydrogen) atoms. The summed E-state index contributed by atoms with van der Waals surface area (Å²) in [5, 5.41) is 9.73. The van der Waals surface area contributed by atoms with Gasteiger partial charge in [-0.1, -0.05) is 73.3 Å². The number of unbranched alkanes of at least 4 members (excludes halogenated alkanes) is 2. The number of benzene rings is 1.